The molecule has 1 amide bonds. The number of alkyl carbamates (subject to hydrolysis) is 1. The number of aromatic nitrogens is 2. The third-order valence-corrected chi connectivity index (χ3v) is 2.76. The molecule has 0 unspecified atom stereocenters. The Morgan fingerprint density at radius 2 is 2.10 bits per heavy atom. The number of halogens is 1. The van der Waals surface area contributed by atoms with Crippen molar-refractivity contribution in [3.8, 4) is 0 Å². The summed E-state index contributed by atoms with van der Waals surface area (Å²) in [7, 11) is 0. The lowest BCUT2D eigenvalue weighted by atomic mass is 10.2. The summed E-state index contributed by atoms with van der Waals surface area (Å²) in [6.07, 6.45) is 0.996. The SMILES string of the molecule is CCn1ncc(NCCNC(=O)OC(C)(C)C)c(Cl)c1=O. The molecular formula is C13H21ClN4O3. The molecule has 118 valence electrons. The molecule has 2 N–H and O–H groups in total. The van der Waals surface area contributed by atoms with Crippen LogP contribution in [-0.2, 0) is 11.3 Å². The van der Waals surface area contributed by atoms with Crippen LogP contribution in [0.25, 0.3) is 0 Å². The lowest BCUT2D eigenvalue weighted by Gasteiger charge is -2.19. The Bertz CT molecular complexity index is 551. The molecule has 0 radical (unpaired) electrons. The van der Waals surface area contributed by atoms with Crippen molar-refractivity contribution in [3.05, 3.63) is 21.6 Å². The second-order valence-corrected chi connectivity index (χ2v) is 5.73. The Morgan fingerprint density at radius 1 is 1.43 bits per heavy atom. The molecule has 7 nitrogen and oxygen atoms in total. The summed E-state index contributed by atoms with van der Waals surface area (Å²) in [5.41, 5.74) is -0.434. The van der Waals surface area contributed by atoms with Crippen LogP contribution in [0.3, 0.4) is 0 Å². The van der Waals surface area contributed by atoms with E-state index in [0.717, 1.165) is 0 Å². The van der Waals surface area contributed by atoms with Crippen molar-refractivity contribution < 1.29 is 9.53 Å². The number of nitrogens with one attached hydrogen (secondary N) is 2. The number of nitrogens with zero attached hydrogens (tertiary/aromatic N) is 2. The number of hydrogen-bond acceptors (Lipinski definition) is 5. The highest BCUT2D eigenvalue weighted by molar-refractivity contribution is 6.32. The van der Waals surface area contributed by atoms with E-state index in [1.807, 2.05) is 6.92 Å². The lowest BCUT2D eigenvalue weighted by molar-refractivity contribution is 0.0530. The minimum atomic E-state index is -0.532. The standard InChI is InChI=1S/C13H21ClN4O3/c1-5-18-11(19)10(14)9(8-17-18)15-6-7-16-12(20)21-13(2,3)4/h8,15H,5-7H2,1-4H3,(H,16,20). The molecule has 1 aromatic rings. The van der Waals surface area contributed by atoms with Gasteiger partial charge in [0.1, 0.15) is 10.6 Å². The van der Waals surface area contributed by atoms with Gasteiger partial charge in [0.2, 0.25) is 0 Å². The maximum atomic E-state index is 11.8. The number of hydrogen-bond donors (Lipinski definition) is 2. The van der Waals surface area contributed by atoms with E-state index < -0.39 is 11.7 Å². The monoisotopic (exact) mass is 316 g/mol. The van der Waals surface area contributed by atoms with Crippen molar-refractivity contribution in [3.63, 3.8) is 0 Å². The number of carbonyl (C=O) groups excluding carboxylic acids is 1. The number of ether oxygens (including phenoxy) is 1. The van der Waals surface area contributed by atoms with Crippen LogP contribution in [0.5, 0.6) is 0 Å². The van der Waals surface area contributed by atoms with Crippen LogP contribution in [0.4, 0.5) is 10.5 Å². The third kappa shape index (κ3) is 5.63. The molecule has 0 atom stereocenters. The van der Waals surface area contributed by atoms with E-state index in [2.05, 4.69) is 15.7 Å². The fourth-order valence-corrected chi connectivity index (χ4v) is 1.70. The molecule has 0 saturated carbocycles. The van der Waals surface area contributed by atoms with Crippen LogP contribution in [0.1, 0.15) is 27.7 Å². The van der Waals surface area contributed by atoms with Crippen molar-refractivity contribution in [1.82, 2.24) is 15.1 Å². The van der Waals surface area contributed by atoms with Gasteiger partial charge in [-0.2, -0.15) is 5.10 Å². The third-order valence-electron chi connectivity index (χ3n) is 2.39. The predicted octanol–water partition coefficient (Wildman–Crippen LogP) is 1.85. The van der Waals surface area contributed by atoms with Gasteiger partial charge in [0.15, 0.2) is 0 Å². The normalized spacial score (nSPS) is 11.1. The van der Waals surface area contributed by atoms with E-state index in [0.29, 0.717) is 25.3 Å². The molecule has 0 aliphatic carbocycles. The van der Waals surface area contributed by atoms with Gasteiger partial charge in [0.05, 0.1) is 11.9 Å². The minimum absolute atomic E-state index is 0.0871. The maximum absolute atomic E-state index is 11.8. The van der Waals surface area contributed by atoms with Gasteiger partial charge in [-0.3, -0.25) is 4.79 Å². The van der Waals surface area contributed by atoms with Gasteiger partial charge >= 0.3 is 6.09 Å². The molecule has 0 fully saturated rings. The van der Waals surface area contributed by atoms with E-state index >= 15 is 0 Å². The first-order chi connectivity index (χ1) is 9.74. The van der Waals surface area contributed by atoms with E-state index in [9.17, 15) is 9.59 Å². The largest absolute Gasteiger partial charge is 0.444 e. The fourth-order valence-electron chi connectivity index (χ4n) is 1.49. The smallest absolute Gasteiger partial charge is 0.407 e. The van der Waals surface area contributed by atoms with Gasteiger partial charge in [-0.15, -0.1) is 0 Å². The average Bonchev–Trinajstić information content (AvgIpc) is 2.37. The number of anilines is 1. The van der Waals surface area contributed by atoms with Crippen LogP contribution < -0.4 is 16.2 Å². The van der Waals surface area contributed by atoms with Crippen LogP contribution >= 0.6 is 11.6 Å². The predicted molar refractivity (Wildman–Crippen MR) is 81.9 cm³/mol. The van der Waals surface area contributed by atoms with Gasteiger partial charge in [-0.05, 0) is 27.7 Å². The highest BCUT2D eigenvalue weighted by Crippen LogP contribution is 2.14. The maximum Gasteiger partial charge on any atom is 0.407 e. The highest BCUT2D eigenvalue weighted by atomic mass is 35.5. The van der Waals surface area contributed by atoms with Crippen LogP contribution in [0, 0.1) is 0 Å². The zero-order valence-electron chi connectivity index (χ0n) is 12.7. The second-order valence-electron chi connectivity index (χ2n) is 5.35. The second kappa shape index (κ2) is 7.31. The number of carbonyl (C=O) groups is 1. The quantitative estimate of drug-likeness (QED) is 0.810. The molecule has 0 aliphatic heterocycles. The van der Waals surface area contributed by atoms with Crippen molar-refractivity contribution in [2.24, 2.45) is 0 Å². The van der Waals surface area contributed by atoms with Crippen molar-refractivity contribution in [1.29, 1.82) is 0 Å². The van der Waals surface area contributed by atoms with Crippen LogP contribution in [-0.4, -0.2) is 34.6 Å². The first-order valence-corrected chi connectivity index (χ1v) is 7.08. The van der Waals surface area contributed by atoms with Gasteiger partial charge in [0, 0.05) is 19.6 Å². The molecule has 0 aromatic carbocycles. The Kier molecular flexibility index (Phi) is 6.02. The van der Waals surface area contributed by atoms with Gasteiger partial charge in [-0.25, -0.2) is 9.48 Å². The highest BCUT2D eigenvalue weighted by Gasteiger charge is 2.15. The van der Waals surface area contributed by atoms with E-state index in [4.69, 9.17) is 16.3 Å². The topological polar surface area (TPSA) is 85.2 Å². The van der Waals surface area contributed by atoms with Crippen LogP contribution in [0.15, 0.2) is 11.0 Å². The summed E-state index contributed by atoms with van der Waals surface area (Å²) < 4.78 is 6.36. The summed E-state index contributed by atoms with van der Waals surface area (Å²) >= 11 is 5.96. The Labute approximate surface area is 128 Å². The lowest BCUT2D eigenvalue weighted by Crippen LogP contribution is -2.35. The molecule has 21 heavy (non-hydrogen) atoms. The Balaban J connectivity index is 2.45. The Morgan fingerprint density at radius 3 is 2.67 bits per heavy atom. The van der Waals surface area contributed by atoms with Crippen molar-refractivity contribution in [2.45, 2.75) is 39.8 Å². The number of aryl methyl sites for hydroxylation is 1. The zero-order valence-corrected chi connectivity index (χ0v) is 13.5. The molecule has 1 rings (SSSR count). The molecule has 1 heterocycles. The van der Waals surface area contributed by atoms with Gasteiger partial charge in [-0.1, -0.05) is 11.6 Å². The fraction of sp³-hybridized carbons (Fsp3) is 0.615. The summed E-state index contributed by atoms with van der Waals surface area (Å²) in [4.78, 5) is 23.2. The van der Waals surface area contributed by atoms with E-state index in [1.165, 1.54) is 10.9 Å². The molecule has 8 heteroatoms. The summed E-state index contributed by atoms with van der Waals surface area (Å²) in [6.45, 7) is 8.37. The average molecular weight is 317 g/mol. The van der Waals surface area contributed by atoms with Crippen molar-refractivity contribution >= 4 is 23.4 Å². The molecule has 0 bridgehead atoms. The zero-order chi connectivity index (χ0) is 16.0. The molecular weight excluding hydrogens is 296 g/mol. The number of amides is 1. The molecule has 0 spiro atoms. The summed E-state index contributed by atoms with van der Waals surface area (Å²) in [5, 5.41) is 9.59. The Hall–Kier alpha value is -1.76. The molecule has 0 saturated heterocycles. The van der Waals surface area contributed by atoms with Gasteiger partial charge in [0.25, 0.3) is 5.56 Å². The van der Waals surface area contributed by atoms with Gasteiger partial charge < -0.3 is 15.4 Å². The van der Waals surface area contributed by atoms with E-state index in [-0.39, 0.29) is 10.6 Å². The molecule has 0 aliphatic rings. The van der Waals surface area contributed by atoms with Crippen LogP contribution in [0.2, 0.25) is 5.02 Å². The number of rotatable bonds is 5. The first kappa shape index (κ1) is 17.3. The molecule has 1 aromatic heterocycles. The first-order valence-electron chi connectivity index (χ1n) is 6.71. The summed E-state index contributed by atoms with van der Waals surface area (Å²) in [6, 6.07) is 0. The summed E-state index contributed by atoms with van der Waals surface area (Å²) in [5.74, 6) is 0. The minimum Gasteiger partial charge on any atom is -0.444 e. The van der Waals surface area contributed by atoms with E-state index in [1.54, 1.807) is 20.8 Å². The van der Waals surface area contributed by atoms with Crippen molar-refractivity contribution in [2.75, 3.05) is 18.4 Å².